The Hall–Kier alpha value is 0.160. The zero-order valence-corrected chi connectivity index (χ0v) is 13.5. The second-order valence-electron chi connectivity index (χ2n) is 4.12. The third kappa shape index (κ3) is 3.34. The smallest absolute Gasteiger partial charge is 0.104 e. The van der Waals surface area contributed by atoms with Gasteiger partial charge in [-0.1, -0.05) is 0 Å². The van der Waals surface area contributed by atoms with Crippen LogP contribution in [0.1, 0.15) is 12.5 Å². The molecule has 92 valence electrons. The average Bonchev–Trinajstić information content (AvgIpc) is 2.71. The molecule has 2 aromatic rings. The van der Waals surface area contributed by atoms with Crippen molar-refractivity contribution in [2.75, 3.05) is 19.0 Å². The van der Waals surface area contributed by atoms with Crippen LogP contribution in [0.25, 0.3) is 10.1 Å². The summed E-state index contributed by atoms with van der Waals surface area (Å²) in [5.41, 5.74) is 1.46. The number of halogens is 2. The fourth-order valence-electron chi connectivity index (χ4n) is 1.98. The van der Waals surface area contributed by atoms with Crippen molar-refractivity contribution >= 4 is 55.6 Å². The van der Waals surface area contributed by atoms with Crippen molar-refractivity contribution in [2.45, 2.75) is 13.5 Å². The van der Waals surface area contributed by atoms with Crippen molar-refractivity contribution in [2.24, 2.45) is 0 Å². The highest BCUT2D eigenvalue weighted by molar-refractivity contribution is 14.1. The van der Waals surface area contributed by atoms with E-state index in [-0.39, 0.29) is 0 Å². The monoisotopic (exact) mass is 380 g/mol. The Labute approximate surface area is 125 Å². The second-order valence-corrected chi connectivity index (χ2v) is 6.66. The summed E-state index contributed by atoms with van der Waals surface area (Å²) < 4.78 is 2.70. The van der Waals surface area contributed by atoms with Gasteiger partial charge in [0, 0.05) is 24.6 Å². The summed E-state index contributed by atoms with van der Waals surface area (Å²) in [5, 5.41) is 3.72. The number of thiophene rings is 1. The molecule has 0 aliphatic carbocycles. The lowest BCUT2D eigenvalue weighted by Crippen LogP contribution is -3.10. The predicted octanol–water partition coefficient (Wildman–Crippen LogP) is 3.15. The molecular weight excluding hydrogens is 365 g/mol. The molecule has 1 atom stereocenters. The van der Waals surface area contributed by atoms with Gasteiger partial charge in [-0.3, -0.25) is 0 Å². The van der Waals surface area contributed by atoms with Gasteiger partial charge < -0.3 is 4.90 Å². The molecule has 0 saturated heterocycles. The van der Waals surface area contributed by atoms with Gasteiger partial charge in [0.25, 0.3) is 0 Å². The summed E-state index contributed by atoms with van der Waals surface area (Å²) in [7, 11) is 0. The Morgan fingerprint density at radius 3 is 2.94 bits per heavy atom. The molecule has 0 fully saturated rings. The lowest BCUT2D eigenvalue weighted by Gasteiger charge is -2.15. The van der Waals surface area contributed by atoms with Gasteiger partial charge in [-0.15, -0.1) is 22.9 Å². The minimum absolute atomic E-state index is 0.739. The van der Waals surface area contributed by atoms with E-state index in [0.717, 1.165) is 25.5 Å². The van der Waals surface area contributed by atoms with Crippen LogP contribution in [0.2, 0.25) is 0 Å². The molecular formula is C13H16ClINS+. The molecule has 1 aromatic carbocycles. The van der Waals surface area contributed by atoms with Gasteiger partial charge in [0.2, 0.25) is 0 Å². The molecule has 1 nitrogen and oxygen atoms in total. The van der Waals surface area contributed by atoms with Crippen LogP contribution in [0.15, 0.2) is 23.6 Å². The maximum Gasteiger partial charge on any atom is 0.104 e. The third-order valence-corrected chi connectivity index (χ3v) is 4.88. The number of rotatable bonds is 5. The Morgan fingerprint density at radius 2 is 2.24 bits per heavy atom. The molecule has 1 unspecified atom stereocenters. The minimum atomic E-state index is 0.739. The fourth-order valence-corrected chi connectivity index (χ4v) is 3.69. The van der Waals surface area contributed by atoms with Crippen molar-refractivity contribution in [1.29, 1.82) is 0 Å². The number of hydrogen-bond acceptors (Lipinski definition) is 1. The summed E-state index contributed by atoms with van der Waals surface area (Å²) in [5.74, 6) is 0.739. The Balaban J connectivity index is 2.26. The van der Waals surface area contributed by atoms with Crippen molar-refractivity contribution < 1.29 is 4.90 Å². The molecule has 0 spiro atoms. The summed E-state index contributed by atoms with van der Waals surface area (Å²) in [6, 6.07) is 6.68. The summed E-state index contributed by atoms with van der Waals surface area (Å²) >= 11 is 10.1. The van der Waals surface area contributed by atoms with Crippen LogP contribution in [0.3, 0.4) is 0 Å². The van der Waals surface area contributed by atoms with Gasteiger partial charge in [0.1, 0.15) is 6.54 Å². The first kappa shape index (κ1) is 13.6. The first-order chi connectivity index (χ1) is 8.24. The van der Waals surface area contributed by atoms with E-state index in [1.165, 1.54) is 19.2 Å². The standard InChI is InChI=1S/C13H15ClINS/c1-2-16(6-5-14)8-10-9-17-13-4-3-11(15)7-12(10)13/h3-4,7,9H,2,5-6,8H2,1H3/p+1. The SMILES string of the molecule is CC[NH+](CCCl)Cc1csc2ccc(I)cc12. The van der Waals surface area contributed by atoms with Gasteiger partial charge >= 0.3 is 0 Å². The Kier molecular flexibility index (Phi) is 5.09. The second kappa shape index (κ2) is 6.36. The van der Waals surface area contributed by atoms with Gasteiger partial charge in [-0.2, -0.15) is 0 Å². The first-order valence-electron chi connectivity index (χ1n) is 5.79. The van der Waals surface area contributed by atoms with Crippen LogP contribution in [-0.2, 0) is 6.54 Å². The van der Waals surface area contributed by atoms with Gasteiger partial charge in [-0.25, -0.2) is 0 Å². The van der Waals surface area contributed by atoms with E-state index in [9.17, 15) is 0 Å². The van der Waals surface area contributed by atoms with Crippen molar-refractivity contribution in [1.82, 2.24) is 0 Å². The van der Waals surface area contributed by atoms with Gasteiger partial charge in [0.15, 0.2) is 0 Å². The lowest BCUT2D eigenvalue weighted by atomic mass is 10.1. The average molecular weight is 381 g/mol. The van der Waals surface area contributed by atoms with Gasteiger partial charge in [-0.05, 0) is 47.7 Å². The minimum Gasteiger partial charge on any atom is -0.330 e. The zero-order valence-electron chi connectivity index (χ0n) is 9.80. The van der Waals surface area contributed by atoms with Gasteiger partial charge in [0.05, 0.1) is 19.0 Å². The molecule has 0 radical (unpaired) electrons. The molecule has 17 heavy (non-hydrogen) atoms. The van der Waals surface area contributed by atoms with Crippen molar-refractivity contribution in [3.05, 3.63) is 32.7 Å². The molecule has 4 heteroatoms. The van der Waals surface area contributed by atoms with E-state index >= 15 is 0 Å². The summed E-state index contributed by atoms with van der Waals surface area (Å²) in [6.07, 6.45) is 0. The van der Waals surface area contributed by atoms with E-state index < -0.39 is 0 Å². The highest BCUT2D eigenvalue weighted by atomic mass is 127. The molecule has 0 aliphatic heterocycles. The number of nitrogens with one attached hydrogen (secondary N) is 1. The van der Waals surface area contributed by atoms with E-state index in [0.29, 0.717) is 0 Å². The number of quaternary nitrogens is 1. The van der Waals surface area contributed by atoms with Crippen LogP contribution < -0.4 is 4.90 Å². The van der Waals surface area contributed by atoms with Crippen LogP contribution in [0, 0.1) is 3.57 Å². The molecule has 0 aliphatic rings. The third-order valence-electron chi connectivity index (χ3n) is 3.00. The Bertz CT molecular complexity index is 497. The Morgan fingerprint density at radius 1 is 1.41 bits per heavy atom. The zero-order chi connectivity index (χ0) is 12.3. The number of alkyl halides is 1. The van der Waals surface area contributed by atoms with Crippen LogP contribution >= 0.6 is 45.5 Å². The highest BCUT2D eigenvalue weighted by Crippen LogP contribution is 2.27. The fraction of sp³-hybridized carbons (Fsp3) is 0.385. The molecule has 0 bridgehead atoms. The molecule has 1 aromatic heterocycles. The first-order valence-corrected chi connectivity index (χ1v) is 8.29. The normalized spacial score (nSPS) is 13.1. The van der Waals surface area contributed by atoms with E-state index in [4.69, 9.17) is 11.6 Å². The van der Waals surface area contributed by atoms with E-state index in [1.807, 2.05) is 11.3 Å². The number of hydrogen-bond donors (Lipinski definition) is 1. The van der Waals surface area contributed by atoms with E-state index in [1.54, 1.807) is 4.90 Å². The molecule has 0 saturated carbocycles. The molecule has 1 N–H and O–H groups in total. The summed E-state index contributed by atoms with van der Waals surface area (Å²) in [4.78, 5) is 1.55. The quantitative estimate of drug-likeness (QED) is 0.600. The maximum atomic E-state index is 5.84. The van der Waals surface area contributed by atoms with Crippen molar-refractivity contribution in [3.8, 4) is 0 Å². The molecule has 2 rings (SSSR count). The lowest BCUT2D eigenvalue weighted by molar-refractivity contribution is -0.909. The van der Waals surface area contributed by atoms with Crippen LogP contribution in [0.5, 0.6) is 0 Å². The van der Waals surface area contributed by atoms with Crippen LogP contribution in [0.4, 0.5) is 0 Å². The maximum absolute atomic E-state index is 5.84. The number of fused-ring (bicyclic) bond motifs is 1. The van der Waals surface area contributed by atoms with E-state index in [2.05, 4.69) is 53.1 Å². The molecule has 1 heterocycles. The highest BCUT2D eigenvalue weighted by Gasteiger charge is 2.11. The predicted molar refractivity (Wildman–Crippen MR) is 85.3 cm³/mol. The van der Waals surface area contributed by atoms with Crippen LogP contribution in [-0.4, -0.2) is 19.0 Å². The number of benzene rings is 1. The molecule has 0 amide bonds. The topological polar surface area (TPSA) is 4.44 Å². The summed E-state index contributed by atoms with van der Waals surface area (Å²) in [6.45, 7) is 5.48. The largest absolute Gasteiger partial charge is 0.330 e. The van der Waals surface area contributed by atoms with Crippen molar-refractivity contribution in [3.63, 3.8) is 0 Å².